The SMILES string of the molecule is Cc1ccc(S(=O)(=O)N2CCCC2C(=O)N2CCC(Nc3ccc(F)cc3)CC2)s1. The normalized spacial score (nSPS) is 21.1. The molecule has 2 fully saturated rings. The molecule has 0 radical (unpaired) electrons. The van der Waals surface area contributed by atoms with Crippen molar-refractivity contribution in [2.75, 3.05) is 25.0 Å². The average molecular weight is 452 g/mol. The van der Waals surface area contributed by atoms with E-state index in [0.717, 1.165) is 23.4 Å². The van der Waals surface area contributed by atoms with Crippen molar-refractivity contribution in [2.45, 2.75) is 48.9 Å². The number of thiophene rings is 1. The second kappa shape index (κ2) is 8.64. The number of carbonyl (C=O) groups excluding carboxylic acids is 1. The lowest BCUT2D eigenvalue weighted by atomic mass is 10.0. The van der Waals surface area contributed by atoms with Crippen molar-refractivity contribution in [3.63, 3.8) is 0 Å². The van der Waals surface area contributed by atoms with Crippen LogP contribution >= 0.6 is 11.3 Å². The number of nitrogens with zero attached hydrogens (tertiary/aromatic N) is 2. The third-order valence-electron chi connectivity index (χ3n) is 5.79. The summed E-state index contributed by atoms with van der Waals surface area (Å²) in [5.41, 5.74) is 0.862. The van der Waals surface area contributed by atoms with Crippen molar-refractivity contribution in [1.82, 2.24) is 9.21 Å². The molecule has 1 aromatic carbocycles. The summed E-state index contributed by atoms with van der Waals surface area (Å²) in [6, 6.07) is 9.28. The lowest BCUT2D eigenvalue weighted by Gasteiger charge is -2.35. The van der Waals surface area contributed by atoms with E-state index >= 15 is 0 Å². The molecule has 1 atom stereocenters. The van der Waals surface area contributed by atoms with Crippen molar-refractivity contribution in [1.29, 1.82) is 0 Å². The van der Waals surface area contributed by atoms with Gasteiger partial charge in [0, 0.05) is 36.2 Å². The van der Waals surface area contributed by atoms with Crippen LogP contribution in [0.1, 0.15) is 30.6 Å². The lowest BCUT2D eigenvalue weighted by molar-refractivity contribution is -0.135. The predicted molar refractivity (Wildman–Crippen MR) is 116 cm³/mol. The van der Waals surface area contributed by atoms with E-state index in [0.29, 0.717) is 36.7 Å². The zero-order valence-corrected chi connectivity index (χ0v) is 18.5. The van der Waals surface area contributed by atoms with E-state index in [1.54, 1.807) is 29.2 Å². The third-order valence-corrected chi connectivity index (χ3v) is 9.17. The van der Waals surface area contributed by atoms with Gasteiger partial charge >= 0.3 is 0 Å². The number of rotatable bonds is 5. The first-order valence-electron chi connectivity index (χ1n) is 10.2. The zero-order valence-electron chi connectivity index (χ0n) is 16.9. The molecule has 1 unspecified atom stereocenters. The van der Waals surface area contributed by atoms with E-state index in [1.165, 1.54) is 27.8 Å². The number of amides is 1. The highest BCUT2D eigenvalue weighted by Gasteiger charge is 2.42. The molecule has 0 saturated carbocycles. The summed E-state index contributed by atoms with van der Waals surface area (Å²) >= 11 is 1.25. The van der Waals surface area contributed by atoms with Crippen molar-refractivity contribution < 1.29 is 17.6 Å². The summed E-state index contributed by atoms with van der Waals surface area (Å²) in [4.78, 5) is 15.9. The Morgan fingerprint density at radius 3 is 2.40 bits per heavy atom. The molecule has 2 saturated heterocycles. The molecule has 30 heavy (non-hydrogen) atoms. The van der Waals surface area contributed by atoms with Crippen molar-refractivity contribution in [3.05, 3.63) is 47.1 Å². The van der Waals surface area contributed by atoms with E-state index in [1.807, 2.05) is 6.92 Å². The van der Waals surface area contributed by atoms with Crippen molar-refractivity contribution in [2.24, 2.45) is 0 Å². The van der Waals surface area contributed by atoms with Gasteiger partial charge in [0.1, 0.15) is 16.1 Å². The maximum atomic E-state index is 13.2. The molecule has 4 rings (SSSR count). The molecule has 0 bridgehead atoms. The van der Waals surface area contributed by atoms with Crippen molar-refractivity contribution >= 4 is 33.0 Å². The highest BCUT2D eigenvalue weighted by atomic mass is 32.2. The lowest BCUT2D eigenvalue weighted by Crippen LogP contribution is -2.51. The molecule has 1 aromatic heterocycles. The van der Waals surface area contributed by atoms with E-state index in [9.17, 15) is 17.6 Å². The Kier molecular flexibility index (Phi) is 6.13. The molecule has 0 aliphatic carbocycles. The van der Waals surface area contributed by atoms with Gasteiger partial charge in [0.05, 0.1) is 0 Å². The highest BCUT2D eigenvalue weighted by Crippen LogP contribution is 2.31. The number of hydrogen-bond acceptors (Lipinski definition) is 5. The fourth-order valence-electron chi connectivity index (χ4n) is 4.18. The molecule has 1 amide bonds. The van der Waals surface area contributed by atoms with Gasteiger partial charge in [0.2, 0.25) is 5.91 Å². The summed E-state index contributed by atoms with van der Waals surface area (Å²) < 4.78 is 40.9. The topological polar surface area (TPSA) is 69.7 Å². The second-order valence-electron chi connectivity index (χ2n) is 7.89. The van der Waals surface area contributed by atoms with Gasteiger partial charge in [0.25, 0.3) is 10.0 Å². The fraction of sp³-hybridized carbons (Fsp3) is 0.476. The molecular formula is C21H26FN3O3S2. The van der Waals surface area contributed by atoms with Crippen LogP contribution in [0.15, 0.2) is 40.6 Å². The number of carbonyl (C=O) groups is 1. The molecule has 1 N–H and O–H groups in total. The number of anilines is 1. The van der Waals surface area contributed by atoms with Gasteiger partial charge < -0.3 is 10.2 Å². The fourth-order valence-corrected chi connectivity index (χ4v) is 7.24. The van der Waals surface area contributed by atoms with E-state index in [4.69, 9.17) is 0 Å². The summed E-state index contributed by atoms with van der Waals surface area (Å²) in [5.74, 6) is -0.362. The molecule has 0 spiro atoms. The molecule has 6 nitrogen and oxygen atoms in total. The zero-order chi connectivity index (χ0) is 21.3. The van der Waals surface area contributed by atoms with Crippen LogP contribution in [0.2, 0.25) is 0 Å². The minimum atomic E-state index is -3.64. The maximum absolute atomic E-state index is 13.2. The van der Waals surface area contributed by atoms with Crippen LogP contribution in [0.25, 0.3) is 0 Å². The predicted octanol–water partition coefficient (Wildman–Crippen LogP) is 3.45. The number of likely N-dealkylation sites (tertiary alicyclic amines) is 1. The van der Waals surface area contributed by atoms with Crippen molar-refractivity contribution in [3.8, 4) is 0 Å². The van der Waals surface area contributed by atoms with Crippen LogP contribution in [0.3, 0.4) is 0 Å². The standard InChI is InChI=1S/C21H26FN3O3S2/c1-15-4-9-20(29-15)30(27,28)25-12-2-3-19(25)21(26)24-13-10-18(11-14-24)23-17-7-5-16(22)6-8-17/h4-9,18-19,23H,2-3,10-14H2,1H3. The first-order valence-corrected chi connectivity index (χ1v) is 12.5. The van der Waals surface area contributed by atoms with Gasteiger partial charge in [0.15, 0.2) is 0 Å². The van der Waals surface area contributed by atoms with Gasteiger partial charge in [-0.15, -0.1) is 11.3 Å². The number of aryl methyl sites for hydroxylation is 1. The Bertz CT molecular complexity index is 999. The molecule has 162 valence electrons. The number of hydrogen-bond donors (Lipinski definition) is 1. The van der Waals surface area contributed by atoms with Crippen LogP contribution in [0, 0.1) is 12.7 Å². The Hall–Kier alpha value is -1.97. The molecule has 2 aromatic rings. The van der Waals surface area contributed by atoms with Gasteiger partial charge in [-0.25, -0.2) is 12.8 Å². The van der Waals surface area contributed by atoms with E-state index in [2.05, 4.69) is 5.32 Å². The Balaban J connectivity index is 1.38. The highest BCUT2D eigenvalue weighted by molar-refractivity contribution is 7.91. The first kappa shape index (κ1) is 21.3. The maximum Gasteiger partial charge on any atom is 0.253 e. The van der Waals surface area contributed by atoms with Gasteiger partial charge in [-0.05, 0) is 69.0 Å². The quantitative estimate of drug-likeness (QED) is 0.756. The molecule has 9 heteroatoms. The minimum absolute atomic E-state index is 0.0930. The number of benzene rings is 1. The Morgan fingerprint density at radius 1 is 1.07 bits per heavy atom. The number of sulfonamides is 1. The summed E-state index contributed by atoms with van der Waals surface area (Å²) in [6.45, 7) is 3.43. The minimum Gasteiger partial charge on any atom is -0.382 e. The van der Waals surface area contributed by atoms with Crippen LogP contribution in [0.4, 0.5) is 10.1 Å². The molecular weight excluding hydrogens is 425 g/mol. The van der Waals surface area contributed by atoms with Crippen LogP contribution in [-0.4, -0.2) is 55.2 Å². The Labute approximate surface area is 180 Å². The second-order valence-corrected chi connectivity index (χ2v) is 11.3. The van der Waals surface area contributed by atoms with E-state index < -0.39 is 16.1 Å². The van der Waals surface area contributed by atoms with Gasteiger partial charge in [-0.1, -0.05) is 0 Å². The molecule has 2 aliphatic heterocycles. The largest absolute Gasteiger partial charge is 0.382 e. The summed E-state index contributed by atoms with van der Waals surface area (Å²) in [5, 5.41) is 3.38. The third kappa shape index (κ3) is 4.38. The number of halogens is 1. The first-order chi connectivity index (χ1) is 14.3. The van der Waals surface area contributed by atoms with Crippen LogP contribution in [-0.2, 0) is 14.8 Å². The molecule has 2 aliphatic rings. The number of nitrogens with one attached hydrogen (secondary N) is 1. The van der Waals surface area contributed by atoms with Gasteiger partial charge in [-0.2, -0.15) is 4.31 Å². The average Bonchev–Trinajstić information content (AvgIpc) is 3.40. The summed E-state index contributed by atoms with van der Waals surface area (Å²) in [7, 11) is -3.64. The number of piperidine rings is 1. The summed E-state index contributed by atoms with van der Waals surface area (Å²) in [6.07, 6.45) is 2.80. The smallest absolute Gasteiger partial charge is 0.253 e. The Morgan fingerprint density at radius 2 is 1.77 bits per heavy atom. The van der Waals surface area contributed by atoms with E-state index in [-0.39, 0.29) is 17.8 Å². The van der Waals surface area contributed by atoms with Gasteiger partial charge in [-0.3, -0.25) is 4.79 Å². The van der Waals surface area contributed by atoms with Crippen LogP contribution in [0.5, 0.6) is 0 Å². The molecule has 3 heterocycles. The van der Waals surface area contributed by atoms with Crippen LogP contribution < -0.4 is 5.32 Å². The monoisotopic (exact) mass is 451 g/mol.